The second kappa shape index (κ2) is 11.1. The molecule has 3 nitrogen and oxygen atoms in total. The lowest BCUT2D eigenvalue weighted by Crippen LogP contribution is -2.36. The number of carbonyl (C=O) groups is 1. The summed E-state index contributed by atoms with van der Waals surface area (Å²) in [6, 6.07) is 16.4. The number of dihydropyridines is 1. The molecule has 5 heteroatoms. The molecule has 1 N–H and O–H groups in total. The van der Waals surface area contributed by atoms with Crippen molar-refractivity contribution in [2.24, 2.45) is 0 Å². The number of amides is 1. The molecule has 33 heavy (non-hydrogen) atoms. The van der Waals surface area contributed by atoms with Crippen LogP contribution >= 0.6 is 23.4 Å². The van der Waals surface area contributed by atoms with Crippen LogP contribution in [0.15, 0.2) is 82.9 Å². The number of aryl methyl sites for hydroxylation is 1. The third-order valence-corrected chi connectivity index (χ3v) is 7.50. The van der Waals surface area contributed by atoms with E-state index in [-0.39, 0.29) is 11.3 Å². The molecule has 0 radical (unpaired) electrons. The number of nitrogens with zero attached hydrogens (tertiary/aromatic N) is 1. The Kier molecular flexibility index (Phi) is 8.00. The van der Waals surface area contributed by atoms with Crippen LogP contribution in [0, 0.1) is 0 Å². The molecule has 1 saturated heterocycles. The Hall–Kier alpha value is -2.43. The molecule has 172 valence electrons. The summed E-state index contributed by atoms with van der Waals surface area (Å²) < 4.78 is 0. The Balaban J connectivity index is 0.00000126. The highest BCUT2D eigenvalue weighted by atomic mass is 35.5. The zero-order valence-corrected chi connectivity index (χ0v) is 20.9. The summed E-state index contributed by atoms with van der Waals surface area (Å²) >= 11 is 7.66. The molecular formula is C28H31ClN2OS. The maximum absolute atomic E-state index is 12.8. The normalized spacial score (nSPS) is 19.3. The molecule has 1 atom stereocenters. The van der Waals surface area contributed by atoms with Gasteiger partial charge >= 0.3 is 0 Å². The van der Waals surface area contributed by atoms with E-state index in [1.807, 2.05) is 61.3 Å². The molecule has 1 amide bonds. The smallest absolute Gasteiger partial charge is 0.286 e. The number of likely N-dealkylation sites (tertiary alicyclic amines) is 1. The predicted molar refractivity (Wildman–Crippen MR) is 141 cm³/mol. The number of halogens is 1. The molecule has 0 saturated carbocycles. The monoisotopic (exact) mass is 478 g/mol. The van der Waals surface area contributed by atoms with E-state index in [2.05, 4.69) is 29.6 Å². The van der Waals surface area contributed by atoms with Crippen molar-refractivity contribution in [1.82, 2.24) is 10.2 Å². The van der Waals surface area contributed by atoms with Gasteiger partial charge in [-0.3, -0.25) is 4.79 Å². The van der Waals surface area contributed by atoms with Gasteiger partial charge in [0.15, 0.2) is 0 Å². The van der Waals surface area contributed by atoms with Crippen molar-refractivity contribution in [2.45, 2.75) is 50.5 Å². The summed E-state index contributed by atoms with van der Waals surface area (Å²) in [5, 5.41) is 4.55. The lowest BCUT2D eigenvalue weighted by Gasteiger charge is -2.33. The molecule has 0 aromatic heterocycles. The molecule has 1 fully saturated rings. The van der Waals surface area contributed by atoms with Gasteiger partial charge in [0, 0.05) is 23.0 Å². The van der Waals surface area contributed by atoms with Crippen LogP contribution in [0.5, 0.6) is 0 Å². The van der Waals surface area contributed by atoms with Gasteiger partial charge in [0.25, 0.3) is 5.24 Å². The van der Waals surface area contributed by atoms with Crippen LogP contribution in [0.3, 0.4) is 0 Å². The topological polar surface area (TPSA) is 32.3 Å². The van der Waals surface area contributed by atoms with Crippen molar-refractivity contribution in [2.75, 3.05) is 13.1 Å². The van der Waals surface area contributed by atoms with Crippen molar-refractivity contribution < 1.29 is 4.79 Å². The van der Waals surface area contributed by atoms with Crippen molar-refractivity contribution in [3.8, 4) is 0 Å². The third kappa shape index (κ3) is 5.39. The molecule has 2 aliphatic heterocycles. The highest BCUT2D eigenvalue weighted by Crippen LogP contribution is 2.40. The molecule has 5 rings (SSSR count). The Bertz CT molecular complexity index is 1080. The number of benzene rings is 2. The van der Waals surface area contributed by atoms with E-state index in [0.29, 0.717) is 0 Å². The van der Waals surface area contributed by atoms with E-state index in [9.17, 15) is 4.79 Å². The standard InChI is InChI=1S/C26H25ClN2OS.C2H6/c27-21-10-11-23-20(17-21)9-8-19-5-4-14-28-25(19)24(23)18-12-15-29(16-13-18)26(30)31-22-6-2-1-3-7-22;1-2/h1-7,10-11,14,17,25,28H,8-9,12-13,15-16H2;1-2H3. The quantitative estimate of drug-likeness (QED) is 0.431. The Morgan fingerprint density at radius 2 is 1.79 bits per heavy atom. The SMILES string of the molecule is CC.O=C(Sc1ccccc1)N1CCC(=C2c3ccc(Cl)cc3CCC3=CC=CNC32)CC1. The fourth-order valence-electron chi connectivity index (χ4n) is 4.77. The lowest BCUT2D eigenvalue weighted by atomic mass is 9.85. The highest BCUT2D eigenvalue weighted by molar-refractivity contribution is 8.13. The zero-order valence-electron chi connectivity index (χ0n) is 19.3. The largest absolute Gasteiger partial charge is 0.380 e. The maximum Gasteiger partial charge on any atom is 0.286 e. The van der Waals surface area contributed by atoms with E-state index >= 15 is 0 Å². The van der Waals surface area contributed by atoms with E-state index in [1.165, 1.54) is 39.6 Å². The number of allylic oxidation sites excluding steroid dienone is 2. The average molecular weight is 479 g/mol. The molecule has 3 aliphatic rings. The Morgan fingerprint density at radius 3 is 2.55 bits per heavy atom. The first-order valence-electron chi connectivity index (χ1n) is 11.8. The highest BCUT2D eigenvalue weighted by Gasteiger charge is 2.30. The second-order valence-corrected chi connectivity index (χ2v) is 9.65. The van der Waals surface area contributed by atoms with Crippen LogP contribution in [-0.2, 0) is 6.42 Å². The summed E-state index contributed by atoms with van der Waals surface area (Å²) in [4.78, 5) is 15.8. The van der Waals surface area contributed by atoms with Crippen LogP contribution in [0.4, 0.5) is 4.79 Å². The maximum atomic E-state index is 12.8. The van der Waals surface area contributed by atoms with Gasteiger partial charge in [0.05, 0.1) is 6.04 Å². The van der Waals surface area contributed by atoms with Gasteiger partial charge in [0.2, 0.25) is 0 Å². The van der Waals surface area contributed by atoms with Gasteiger partial charge in [-0.25, -0.2) is 0 Å². The van der Waals surface area contributed by atoms with Gasteiger partial charge in [-0.1, -0.05) is 61.4 Å². The number of fused-ring (bicyclic) bond motifs is 2. The first-order chi connectivity index (χ1) is 16.2. The summed E-state index contributed by atoms with van der Waals surface area (Å²) in [5.74, 6) is 0. The molecular weight excluding hydrogens is 448 g/mol. The molecule has 1 unspecified atom stereocenters. The number of hydrogen-bond donors (Lipinski definition) is 1. The minimum Gasteiger partial charge on any atom is -0.380 e. The zero-order chi connectivity index (χ0) is 23.2. The molecule has 2 heterocycles. The fraction of sp³-hybridized carbons (Fsp3) is 0.321. The van der Waals surface area contributed by atoms with Crippen LogP contribution in [0.25, 0.3) is 5.57 Å². The first kappa shape index (κ1) is 23.7. The van der Waals surface area contributed by atoms with Crippen molar-refractivity contribution >= 4 is 34.2 Å². The lowest BCUT2D eigenvalue weighted by molar-refractivity contribution is 0.219. The summed E-state index contributed by atoms with van der Waals surface area (Å²) in [6.45, 7) is 5.53. The van der Waals surface area contributed by atoms with Gasteiger partial charge in [-0.2, -0.15) is 0 Å². The second-order valence-electron chi connectivity index (χ2n) is 8.19. The fourth-order valence-corrected chi connectivity index (χ4v) is 5.77. The van der Waals surface area contributed by atoms with Gasteiger partial charge in [0.1, 0.15) is 0 Å². The van der Waals surface area contributed by atoms with E-state index in [0.717, 1.165) is 48.7 Å². The van der Waals surface area contributed by atoms with Crippen LogP contribution in [0.1, 0.15) is 44.2 Å². The molecule has 0 spiro atoms. The third-order valence-electron chi connectivity index (χ3n) is 6.32. The van der Waals surface area contributed by atoms with Crippen molar-refractivity contribution in [1.29, 1.82) is 0 Å². The van der Waals surface area contributed by atoms with E-state index < -0.39 is 0 Å². The molecule has 0 bridgehead atoms. The number of thioether (sulfide) groups is 1. The van der Waals surface area contributed by atoms with Gasteiger partial charge in [-0.05, 0) is 96.3 Å². The van der Waals surface area contributed by atoms with Crippen molar-refractivity contribution in [3.05, 3.63) is 94.2 Å². The van der Waals surface area contributed by atoms with Gasteiger partial charge in [-0.15, -0.1) is 0 Å². The number of hydrogen-bond acceptors (Lipinski definition) is 3. The summed E-state index contributed by atoms with van der Waals surface area (Å²) in [6.07, 6.45) is 10.3. The minimum atomic E-state index is 0.141. The van der Waals surface area contributed by atoms with E-state index in [4.69, 9.17) is 11.6 Å². The Labute approximate surface area is 206 Å². The summed E-state index contributed by atoms with van der Waals surface area (Å²) in [5.41, 5.74) is 6.91. The molecule has 2 aromatic carbocycles. The minimum absolute atomic E-state index is 0.141. The van der Waals surface area contributed by atoms with Crippen LogP contribution in [0.2, 0.25) is 5.02 Å². The van der Waals surface area contributed by atoms with E-state index in [1.54, 1.807) is 0 Å². The van der Waals surface area contributed by atoms with Crippen molar-refractivity contribution in [3.63, 3.8) is 0 Å². The predicted octanol–water partition coefficient (Wildman–Crippen LogP) is 7.49. The van der Waals surface area contributed by atoms with Crippen LogP contribution < -0.4 is 5.32 Å². The number of nitrogens with one attached hydrogen (secondary N) is 1. The molecule has 1 aliphatic carbocycles. The average Bonchev–Trinajstić information content (AvgIpc) is 3.02. The number of carbonyl (C=O) groups excluding carboxylic acids is 1. The summed E-state index contributed by atoms with van der Waals surface area (Å²) in [7, 11) is 0. The van der Waals surface area contributed by atoms with Gasteiger partial charge < -0.3 is 10.2 Å². The molecule has 2 aromatic rings. The Morgan fingerprint density at radius 1 is 1.03 bits per heavy atom. The first-order valence-corrected chi connectivity index (χ1v) is 13.0. The van der Waals surface area contributed by atoms with Crippen LogP contribution in [-0.4, -0.2) is 29.3 Å². The number of rotatable bonds is 1. The number of piperidine rings is 1.